The van der Waals surface area contributed by atoms with Crippen LogP contribution in [0.15, 0.2) is 48.7 Å². The Morgan fingerprint density at radius 3 is 2.62 bits per heavy atom. The van der Waals surface area contributed by atoms with Crippen molar-refractivity contribution in [3.05, 3.63) is 65.5 Å². The monoisotopic (exact) mass is 498 g/mol. The van der Waals surface area contributed by atoms with Gasteiger partial charge in [-0.05, 0) is 37.1 Å². The average molecular weight is 499 g/mol. The van der Waals surface area contributed by atoms with Crippen LogP contribution in [-0.4, -0.2) is 40.8 Å². The predicted octanol–water partition coefficient (Wildman–Crippen LogP) is 4.26. The Morgan fingerprint density at radius 2 is 1.84 bits per heavy atom. The lowest BCUT2D eigenvalue weighted by molar-refractivity contribution is -0.149. The van der Waals surface area contributed by atoms with Crippen molar-refractivity contribution in [1.29, 1.82) is 0 Å². The molecule has 0 radical (unpaired) electrons. The highest BCUT2D eigenvalue weighted by atomic mass is 16.6. The fourth-order valence-corrected chi connectivity index (χ4v) is 5.73. The van der Waals surface area contributed by atoms with Gasteiger partial charge >= 0.3 is 17.9 Å². The summed E-state index contributed by atoms with van der Waals surface area (Å²) < 4.78 is 20.2. The maximum atomic E-state index is 13.4. The number of esters is 3. The lowest BCUT2D eigenvalue weighted by Crippen LogP contribution is -2.24. The number of hydrogen-bond donors (Lipinski definition) is 0. The van der Waals surface area contributed by atoms with Crippen LogP contribution in [0.1, 0.15) is 30.2 Å². The first-order valence-corrected chi connectivity index (χ1v) is 12.3. The summed E-state index contributed by atoms with van der Waals surface area (Å²) in [4.78, 5) is 38.0. The minimum Gasteiger partial charge on any atom is -0.497 e. The second-order valence-corrected chi connectivity index (χ2v) is 9.62. The Kier molecular flexibility index (Phi) is 5.40. The molecule has 2 aromatic carbocycles. The van der Waals surface area contributed by atoms with E-state index in [4.69, 9.17) is 14.2 Å². The zero-order chi connectivity index (χ0) is 25.8. The molecule has 2 aliphatic rings. The maximum Gasteiger partial charge on any atom is 0.347 e. The SMILES string of the molecule is COc1ccc2c(c1)c(C1=C(c3cn(C)c4ccccc34)C(=O)OC1=O)c1n2CCC(COC(C)=O)C1. The first kappa shape index (κ1) is 23.1. The van der Waals surface area contributed by atoms with Gasteiger partial charge in [-0.15, -0.1) is 0 Å². The third-order valence-corrected chi connectivity index (χ3v) is 7.40. The van der Waals surface area contributed by atoms with E-state index in [1.165, 1.54) is 6.92 Å². The van der Waals surface area contributed by atoms with Crippen molar-refractivity contribution in [3.8, 4) is 5.75 Å². The van der Waals surface area contributed by atoms with Crippen LogP contribution in [0.25, 0.3) is 33.0 Å². The molecular weight excluding hydrogens is 472 g/mol. The molecule has 0 bridgehead atoms. The molecule has 2 aromatic heterocycles. The molecule has 2 aliphatic heterocycles. The van der Waals surface area contributed by atoms with Crippen LogP contribution in [0.3, 0.4) is 0 Å². The minimum atomic E-state index is -0.659. The van der Waals surface area contributed by atoms with Crippen molar-refractivity contribution in [2.45, 2.75) is 26.3 Å². The molecule has 188 valence electrons. The van der Waals surface area contributed by atoms with Crippen molar-refractivity contribution >= 4 is 50.9 Å². The van der Waals surface area contributed by atoms with Gasteiger partial charge in [0.15, 0.2) is 0 Å². The molecule has 0 aliphatic carbocycles. The van der Waals surface area contributed by atoms with Crippen molar-refractivity contribution in [1.82, 2.24) is 9.13 Å². The Balaban J connectivity index is 1.63. The third kappa shape index (κ3) is 3.63. The number of fused-ring (bicyclic) bond motifs is 4. The van der Waals surface area contributed by atoms with Gasteiger partial charge < -0.3 is 23.3 Å². The minimum absolute atomic E-state index is 0.0936. The van der Waals surface area contributed by atoms with Crippen LogP contribution in [0.5, 0.6) is 5.75 Å². The number of aromatic nitrogens is 2. The molecule has 1 unspecified atom stereocenters. The Labute approximate surface area is 213 Å². The van der Waals surface area contributed by atoms with Gasteiger partial charge in [0, 0.05) is 71.3 Å². The topological polar surface area (TPSA) is 88.8 Å². The van der Waals surface area contributed by atoms with Crippen LogP contribution >= 0.6 is 0 Å². The number of carbonyl (C=O) groups is 3. The highest BCUT2D eigenvalue weighted by Gasteiger charge is 2.40. The average Bonchev–Trinajstić information content (AvgIpc) is 3.49. The second-order valence-electron chi connectivity index (χ2n) is 9.62. The molecule has 0 saturated heterocycles. The van der Waals surface area contributed by atoms with Crippen molar-refractivity contribution in [2.75, 3.05) is 13.7 Å². The number of para-hydroxylation sites is 1. The van der Waals surface area contributed by atoms with Crippen molar-refractivity contribution in [2.24, 2.45) is 13.0 Å². The fourth-order valence-electron chi connectivity index (χ4n) is 5.73. The molecule has 4 aromatic rings. The predicted molar refractivity (Wildman–Crippen MR) is 138 cm³/mol. The van der Waals surface area contributed by atoms with Gasteiger partial charge in [-0.3, -0.25) is 4.79 Å². The molecule has 37 heavy (non-hydrogen) atoms. The number of benzene rings is 2. The van der Waals surface area contributed by atoms with Gasteiger partial charge in [-0.25, -0.2) is 9.59 Å². The lowest BCUT2D eigenvalue weighted by Gasteiger charge is -2.25. The molecule has 8 nitrogen and oxygen atoms in total. The molecule has 0 N–H and O–H groups in total. The number of nitrogens with zero attached hydrogens (tertiary/aromatic N) is 2. The zero-order valence-electron chi connectivity index (χ0n) is 20.9. The first-order chi connectivity index (χ1) is 17.9. The van der Waals surface area contributed by atoms with Crippen LogP contribution in [0.4, 0.5) is 0 Å². The van der Waals surface area contributed by atoms with E-state index in [9.17, 15) is 14.4 Å². The summed E-state index contributed by atoms with van der Waals surface area (Å²) in [6, 6.07) is 13.5. The second kappa shape index (κ2) is 8.65. The summed E-state index contributed by atoms with van der Waals surface area (Å²) in [5, 5.41) is 1.69. The Bertz CT molecular complexity index is 1650. The highest BCUT2D eigenvalue weighted by Crippen LogP contribution is 2.44. The van der Waals surface area contributed by atoms with Gasteiger partial charge in [0.25, 0.3) is 0 Å². The number of hydrogen-bond acceptors (Lipinski definition) is 6. The number of carbonyl (C=O) groups excluding carboxylic acids is 3. The van der Waals surface area contributed by atoms with Crippen molar-refractivity contribution in [3.63, 3.8) is 0 Å². The van der Waals surface area contributed by atoms with E-state index in [0.717, 1.165) is 33.9 Å². The normalized spacial score (nSPS) is 17.4. The lowest BCUT2D eigenvalue weighted by atomic mass is 9.89. The number of methoxy groups -OCH3 is 1. The van der Waals surface area contributed by atoms with E-state index in [0.29, 0.717) is 36.4 Å². The summed E-state index contributed by atoms with van der Waals surface area (Å²) >= 11 is 0. The van der Waals surface area contributed by atoms with Gasteiger partial charge in [-0.1, -0.05) is 18.2 Å². The van der Waals surface area contributed by atoms with Crippen LogP contribution in [-0.2, 0) is 43.9 Å². The van der Waals surface area contributed by atoms with Gasteiger partial charge in [0.1, 0.15) is 5.75 Å². The number of aryl methyl sites for hydroxylation is 2. The molecule has 1 atom stereocenters. The molecule has 0 amide bonds. The molecule has 0 saturated carbocycles. The Hall–Kier alpha value is -4.33. The fraction of sp³-hybridized carbons (Fsp3) is 0.276. The van der Waals surface area contributed by atoms with E-state index >= 15 is 0 Å². The summed E-state index contributed by atoms with van der Waals surface area (Å²) in [6.07, 6.45) is 3.29. The van der Waals surface area contributed by atoms with E-state index in [2.05, 4.69) is 4.57 Å². The van der Waals surface area contributed by atoms with E-state index in [1.54, 1.807) is 7.11 Å². The van der Waals surface area contributed by atoms with Crippen LogP contribution in [0, 0.1) is 5.92 Å². The molecule has 0 fully saturated rings. The molecule has 0 spiro atoms. The Morgan fingerprint density at radius 1 is 1.05 bits per heavy atom. The molecule has 6 rings (SSSR count). The standard InChI is InChI=1S/C29H26N2O6/c1-16(32)36-15-17-10-11-31-23-9-8-18(35-3)13-20(23)25(24(31)12-17)27-26(28(33)37-29(27)34)21-14-30(2)22-7-5-4-6-19(21)22/h4-9,13-14,17H,10-12,15H2,1-3H3. The summed E-state index contributed by atoms with van der Waals surface area (Å²) in [7, 11) is 3.51. The zero-order valence-corrected chi connectivity index (χ0v) is 20.9. The van der Waals surface area contributed by atoms with Gasteiger partial charge in [0.2, 0.25) is 0 Å². The third-order valence-electron chi connectivity index (χ3n) is 7.40. The summed E-state index contributed by atoms with van der Waals surface area (Å²) in [5.74, 6) is -0.885. The number of rotatable bonds is 5. The van der Waals surface area contributed by atoms with Gasteiger partial charge in [-0.2, -0.15) is 0 Å². The first-order valence-electron chi connectivity index (χ1n) is 12.3. The van der Waals surface area contributed by atoms with Crippen molar-refractivity contribution < 1.29 is 28.6 Å². The van der Waals surface area contributed by atoms with E-state index in [-0.39, 0.29) is 23.0 Å². The van der Waals surface area contributed by atoms with Crippen LogP contribution < -0.4 is 4.74 Å². The number of cyclic esters (lactones) is 2. The molecular formula is C29H26N2O6. The van der Waals surface area contributed by atoms with E-state index in [1.807, 2.05) is 60.3 Å². The van der Waals surface area contributed by atoms with E-state index < -0.39 is 11.9 Å². The van der Waals surface area contributed by atoms with Crippen LogP contribution in [0.2, 0.25) is 0 Å². The highest BCUT2D eigenvalue weighted by molar-refractivity contribution is 6.47. The quantitative estimate of drug-likeness (QED) is 0.302. The smallest absolute Gasteiger partial charge is 0.347 e. The molecule has 4 heterocycles. The number of ether oxygens (including phenoxy) is 3. The summed E-state index contributed by atoms with van der Waals surface area (Å²) in [5.41, 5.74) is 4.69. The summed E-state index contributed by atoms with van der Waals surface area (Å²) in [6.45, 7) is 2.40. The maximum absolute atomic E-state index is 13.4. The largest absolute Gasteiger partial charge is 0.497 e. The van der Waals surface area contributed by atoms with Gasteiger partial charge in [0.05, 0.1) is 24.9 Å². The molecule has 8 heteroatoms.